The predicted octanol–water partition coefficient (Wildman–Crippen LogP) is -0.317. The number of benzene rings is 1. The van der Waals surface area contributed by atoms with Gasteiger partial charge in [0.15, 0.2) is 12.6 Å². The molecular weight excluding hydrogens is 290 g/mol. The van der Waals surface area contributed by atoms with Crippen LogP contribution < -0.4 is 5.32 Å². The maximum absolute atomic E-state index is 11.2. The fourth-order valence-electron chi connectivity index (χ4n) is 2.78. The molecule has 0 radical (unpaired) electrons. The van der Waals surface area contributed by atoms with Crippen LogP contribution in [-0.4, -0.2) is 53.4 Å². The van der Waals surface area contributed by atoms with E-state index >= 15 is 0 Å². The summed E-state index contributed by atoms with van der Waals surface area (Å²) in [6, 6.07) is 8.41. The highest BCUT2D eigenvalue weighted by molar-refractivity contribution is 5.73. The van der Waals surface area contributed by atoms with Crippen LogP contribution >= 0.6 is 0 Å². The smallest absolute Gasteiger partial charge is 0.217 e. The molecule has 3 N–H and O–H groups in total. The highest BCUT2D eigenvalue weighted by Crippen LogP contribution is 2.33. The molecule has 2 saturated heterocycles. The zero-order chi connectivity index (χ0) is 15.7. The van der Waals surface area contributed by atoms with E-state index in [2.05, 4.69) is 5.32 Å². The molecule has 2 heterocycles. The summed E-state index contributed by atoms with van der Waals surface area (Å²) >= 11 is 0. The number of fused-ring (bicyclic) bond motifs is 1. The number of carbonyl (C=O) groups excluding carboxylic acids is 1. The molecule has 0 bridgehead atoms. The molecule has 0 spiro atoms. The predicted molar refractivity (Wildman–Crippen MR) is 74.5 cm³/mol. The third-order valence-corrected chi connectivity index (χ3v) is 3.83. The maximum atomic E-state index is 11.2. The van der Waals surface area contributed by atoms with Crippen LogP contribution in [0.2, 0.25) is 0 Å². The van der Waals surface area contributed by atoms with Gasteiger partial charge in [-0.25, -0.2) is 0 Å². The first-order valence-electron chi connectivity index (χ1n) is 7.17. The summed E-state index contributed by atoms with van der Waals surface area (Å²) in [5.41, 5.74) is 0.829. The lowest BCUT2D eigenvalue weighted by Gasteiger charge is -2.46. The fourth-order valence-corrected chi connectivity index (χ4v) is 2.78. The quantitative estimate of drug-likeness (QED) is 0.693. The van der Waals surface area contributed by atoms with Crippen molar-refractivity contribution in [2.75, 3.05) is 6.61 Å². The van der Waals surface area contributed by atoms with Gasteiger partial charge in [-0.2, -0.15) is 0 Å². The maximum Gasteiger partial charge on any atom is 0.217 e. The molecule has 7 heteroatoms. The molecule has 1 aromatic rings. The minimum absolute atomic E-state index is 0.186. The summed E-state index contributed by atoms with van der Waals surface area (Å²) in [4.78, 5) is 11.2. The van der Waals surface area contributed by atoms with Gasteiger partial charge >= 0.3 is 0 Å². The number of rotatable bonds is 2. The molecule has 1 aromatic carbocycles. The van der Waals surface area contributed by atoms with E-state index in [9.17, 15) is 15.0 Å². The van der Waals surface area contributed by atoms with Crippen LogP contribution in [-0.2, 0) is 19.0 Å². The Bertz CT molecular complexity index is 524. The Balaban J connectivity index is 1.75. The molecule has 22 heavy (non-hydrogen) atoms. The molecule has 1 amide bonds. The van der Waals surface area contributed by atoms with Gasteiger partial charge in [0.05, 0.1) is 6.61 Å². The summed E-state index contributed by atoms with van der Waals surface area (Å²) in [5, 5.41) is 22.8. The third kappa shape index (κ3) is 2.99. The number of aliphatic hydroxyl groups excluding tert-OH is 2. The number of carbonyl (C=O) groups is 1. The number of ether oxygens (including phenoxy) is 3. The van der Waals surface area contributed by atoms with E-state index in [-0.39, 0.29) is 12.5 Å². The molecule has 0 aromatic heterocycles. The van der Waals surface area contributed by atoms with E-state index in [1.807, 2.05) is 30.3 Å². The second-order valence-electron chi connectivity index (χ2n) is 5.46. The zero-order valence-corrected chi connectivity index (χ0v) is 12.1. The van der Waals surface area contributed by atoms with Gasteiger partial charge in [0, 0.05) is 12.5 Å². The molecular formula is C15H19NO6. The molecule has 0 saturated carbocycles. The van der Waals surface area contributed by atoms with Gasteiger partial charge in [0.1, 0.15) is 24.4 Å². The summed E-state index contributed by atoms with van der Waals surface area (Å²) in [7, 11) is 0. The van der Waals surface area contributed by atoms with Crippen LogP contribution in [0.25, 0.3) is 0 Å². The van der Waals surface area contributed by atoms with Crippen molar-refractivity contribution in [1.29, 1.82) is 0 Å². The highest BCUT2D eigenvalue weighted by Gasteiger charge is 2.49. The van der Waals surface area contributed by atoms with E-state index in [0.29, 0.717) is 0 Å². The molecule has 3 rings (SSSR count). The lowest BCUT2D eigenvalue weighted by atomic mass is 9.96. The van der Waals surface area contributed by atoms with Crippen molar-refractivity contribution in [2.24, 2.45) is 0 Å². The molecule has 0 unspecified atom stereocenters. The average Bonchev–Trinajstić information content (AvgIpc) is 2.52. The molecule has 120 valence electrons. The van der Waals surface area contributed by atoms with Crippen molar-refractivity contribution in [1.82, 2.24) is 5.32 Å². The molecule has 6 atom stereocenters. The monoisotopic (exact) mass is 309 g/mol. The Kier molecular flexibility index (Phi) is 4.42. The van der Waals surface area contributed by atoms with Crippen molar-refractivity contribution in [3.63, 3.8) is 0 Å². The SMILES string of the molecule is CC(=O)N[C@@H]1[C@H](O)[C@@H]2O[C@@H](c3ccccc3)OC[C@H]2O[C@@H]1O. The number of hydrogen-bond donors (Lipinski definition) is 3. The summed E-state index contributed by atoms with van der Waals surface area (Å²) in [6.45, 7) is 1.49. The Morgan fingerprint density at radius 1 is 1.23 bits per heavy atom. The Morgan fingerprint density at radius 3 is 2.64 bits per heavy atom. The van der Waals surface area contributed by atoms with Crippen molar-refractivity contribution < 1.29 is 29.2 Å². The van der Waals surface area contributed by atoms with Crippen LogP contribution in [0, 0.1) is 0 Å². The van der Waals surface area contributed by atoms with Crippen molar-refractivity contribution in [3.8, 4) is 0 Å². The number of nitrogens with one attached hydrogen (secondary N) is 1. The van der Waals surface area contributed by atoms with Crippen LogP contribution in [0.15, 0.2) is 30.3 Å². The average molecular weight is 309 g/mol. The van der Waals surface area contributed by atoms with E-state index in [1.54, 1.807) is 0 Å². The van der Waals surface area contributed by atoms with Crippen molar-refractivity contribution in [3.05, 3.63) is 35.9 Å². The van der Waals surface area contributed by atoms with E-state index in [0.717, 1.165) is 5.56 Å². The van der Waals surface area contributed by atoms with Gasteiger partial charge in [0.25, 0.3) is 0 Å². The largest absolute Gasteiger partial charge is 0.388 e. The molecule has 0 aliphatic carbocycles. The first-order chi connectivity index (χ1) is 10.6. The van der Waals surface area contributed by atoms with Gasteiger partial charge in [-0.05, 0) is 0 Å². The highest BCUT2D eigenvalue weighted by atomic mass is 16.7. The molecule has 7 nitrogen and oxygen atoms in total. The number of hydrogen-bond acceptors (Lipinski definition) is 6. The summed E-state index contributed by atoms with van der Waals surface area (Å²) in [6.07, 6.45) is -4.29. The van der Waals surface area contributed by atoms with Crippen molar-refractivity contribution in [2.45, 2.75) is 43.9 Å². The fraction of sp³-hybridized carbons (Fsp3) is 0.533. The minimum atomic E-state index is -1.30. The molecule has 2 fully saturated rings. The summed E-state index contributed by atoms with van der Waals surface area (Å²) in [5.74, 6) is -0.364. The van der Waals surface area contributed by atoms with Gasteiger partial charge in [-0.3, -0.25) is 4.79 Å². The van der Waals surface area contributed by atoms with E-state index in [1.165, 1.54) is 6.92 Å². The van der Waals surface area contributed by atoms with Gasteiger partial charge < -0.3 is 29.7 Å². The van der Waals surface area contributed by atoms with Crippen LogP contribution in [0.5, 0.6) is 0 Å². The van der Waals surface area contributed by atoms with Gasteiger partial charge in [-0.1, -0.05) is 30.3 Å². The number of amides is 1. The molecule has 2 aliphatic rings. The zero-order valence-electron chi connectivity index (χ0n) is 12.1. The first kappa shape index (κ1) is 15.4. The van der Waals surface area contributed by atoms with Crippen LogP contribution in [0.3, 0.4) is 0 Å². The van der Waals surface area contributed by atoms with E-state index < -0.39 is 36.9 Å². The molecule has 2 aliphatic heterocycles. The Hall–Kier alpha value is -1.51. The second-order valence-corrected chi connectivity index (χ2v) is 5.46. The first-order valence-corrected chi connectivity index (χ1v) is 7.17. The lowest BCUT2D eigenvalue weighted by Crippen LogP contribution is -2.66. The van der Waals surface area contributed by atoms with Gasteiger partial charge in [0.2, 0.25) is 5.91 Å². The normalized spacial score (nSPS) is 38.1. The standard InChI is InChI=1S/C15H19NO6/c1-8(17)16-11-12(18)13-10(21-14(11)19)7-20-15(22-13)9-5-3-2-4-6-9/h2-6,10-15,18-19H,7H2,1H3,(H,16,17)/t10-,11-,12+,13-,14+,15+/m1/s1. The third-order valence-electron chi connectivity index (χ3n) is 3.83. The van der Waals surface area contributed by atoms with Gasteiger partial charge in [-0.15, -0.1) is 0 Å². The van der Waals surface area contributed by atoms with Crippen molar-refractivity contribution >= 4 is 5.91 Å². The number of aliphatic hydroxyl groups is 2. The topological polar surface area (TPSA) is 97.3 Å². The minimum Gasteiger partial charge on any atom is -0.388 e. The lowest BCUT2D eigenvalue weighted by molar-refractivity contribution is -0.337. The van der Waals surface area contributed by atoms with E-state index in [4.69, 9.17) is 14.2 Å². The Labute approximate surface area is 127 Å². The van der Waals surface area contributed by atoms with Crippen LogP contribution in [0.1, 0.15) is 18.8 Å². The van der Waals surface area contributed by atoms with Crippen LogP contribution in [0.4, 0.5) is 0 Å². The second kappa shape index (κ2) is 6.31. The Morgan fingerprint density at radius 2 is 1.95 bits per heavy atom. The summed E-state index contributed by atoms with van der Waals surface area (Å²) < 4.78 is 16.8.